The molecule has 0 radical (unpaired) electrons. The Kier molecular flexibility index (Phi) is 5.43. The van der Waals surface area contributed by atoms with E-state index in [-0.39, 0.29) is 12.3 Å². The first-order valence-corrected chi connectivity index (χ1v) is 8.99. The minimum absolute atomic E-state index is 0.0406. The highest BCUT2D eigenvalue weighted by molar-refractivity contribution is 7.13. The van der Waals surface area contributed by atoms with Crippen molar-refractivity contribution in [2.24, 2.45) is 0 Å². The monoisotopic (exact) mass is 366 g/mol. The largest absolute Gasteiger partial charge is 0.479 e. The van der Waals surface area contributed by atoms with Crippen molar-refractivity contribution < 1.29 is 14.7 Å². The van der Waals surface area contributed by atoms with Crippen molar-refractivity contribution in [3.8, 4) is 10.6 Å². The van der Waals surface area contributed by atoms with Crippen LogP contribution < -0.4 is 5.32 Å². The van der Waals surface area contributed by atoms with Crippen LogP contribution in [0.25, 0.3) is 10.6 Å². The molecule has 6 heteroatoms. The molecular weight excluding hydrogens is 348 g/mol. The Hall–Kier alpha value is -2.99. The highest BCUT2D eigenvalue weighted by atomic mass is 32.1. The summed E-state index contributed by atoms with van der Waals surface area (Å²) in [5, 5.41) is 14.6. The van der Waals surface area contributed by atoms with Crippen molar-refractivity contribution >= 4 is 23.2 Å². The number of aliphatic carboxylic acids is 1. The molecule has 5 nitrogen and oxygen atoms in total. The fourth-order valence-electron chi connectivity index (χ4n) is 2.53. The van der Waals surface area contributed by atoms with Gasteiger partial charge in [-0.3, -0.25) is 4.79 Å². The summed E-state index contributed by atoms with van der Waals surface area (Å²) in [6.45, 7) is 2.02. The number of thiazole rings is 1. The van der Waals surface area contributed by atoms with Gasteiger partial charge < -0.3 is 10.4 Å². The third-order valence-electron chi connectivity index (χ3n) is 3.88. The SMILES string of the molecule is Cc1ccc(-c2nc(CC(=O)N[C@H](C(=O)O)c3ccccc3)cs2)cc1. The van der Waals surface area contributed by atoms with Crippen LogP contribution >= 0.6 is 11.3 Å². The number of hydrogen-bond donors (Lipinski definition) is 2. The lowest BCUT2D eigenvalue weighted by Crippen LogP contribution is -2.34. The number of nitrogens with zero attached hydrogens (tertiary/aromatic N) is 1. The van der Waals surface area contributed by atoms with E-state index < -0.39 is 12.0 Å². The lowest BCUT2D eigenvalue weighted by atomic mass is 10.1. The van der Waals surface area contributed by atoms with E-state index in [0.717, 1.165) is 10.6 Å². The van der Waals surface area contributed by atoms with Crippen molar-refractivity contribution in [2.45, 2.75) is 19.4 Å². The standard InChI is InChI=1S/C20H18N2O3S/c1-13-7-9-15(10-8-13)19-21-16(12-26-19)11-17(23)22-18(20(24)25)14-5-3-2-4-6-14/h2-10,12,18H,11H2,1H3,(H,22,23)(H,24,25)/t18-/m0/s1. The van der Waals surface area contributed by atoms with Gasteiger partial charge in [-0.2, -0.15) is 0 Å². The molecule has 1 aromatic heterocycles. The molecular formula is C20H18N2O3S. The molecule has 1 heterocycles. The molecule has 0 saturated carbocycles. The number of benzene rings is 2. The summed E-state index contributed by atoms with van der Waals surface area (Å²) < 4.78 is 0. The minimum Gasteiger partial charge on any atom is -0.479 e. The van der Waals surface area contributed by atoms with E-state index in [1.807, 2.05) is 36.6 Å². The maximum atomic E-state index is 12.3. The number of amides is 1. The third-order valence-corrected chi connectivity index (χ3v) is 4.82. The van der Waals surface area contributed by atoms with Crippen molar-refractivity contribution in [3.05, 3.63) is 76.8 Å². The summed E-state index contributed by atoms with van der Waals surface area (Å²) in [4.78, 5) is 28.2. The summed E-state index contributed by atoms with van der Waals surface area (Å²) in [6, 6.07) is 15.6. The predicted molar refractivity (Wildman–Crippen MR) is 101 cm³/mol. The molecule has 0 aliphatic carbocycles. The number of aryl methyl sites for hydroxylation is 1. The van der Waals surface area contributed by atoms with Gasteiger partial charge in [0.25, 0.3) is 0 Å². The normalized spacial score (nSPS) is 11.7. The van der Waals surface area contributed by atoms with Crippen LogP contribution in [0.5, 0.6) is 0 Å². The number of aromatic nitrogens is 1. The quantitative estimate of drug-likeness (QED) is 0.699. The predicted octanol–water partition coefficient (Wildman–Crippen LogP) is 3.60. The Morgan fingerprint density at radius 2 is 1.81 bits per heavy atom. The molecule has 1 atom stereocenters. The van der Waals surface area contributed by atoms with E-state index in [0.29, 0.717) is 11.3 Å². The Bertz CT molecular complexity index is 904. The van der Waals surface area contributed by atoms with Gasteiger partial charge in [0.15, 0.2) is 6.04 Å². The minimum atomic E-state index is -1.09. The number of carboxylic acids is 1. The first-order valence-electron chi connectivity index (χ1n) is 8.11. The second-order valence-electron chi connectivity index (χ2n) is 5.94. The van der Waals surface area contributed by atoms with Gasteiger partial charge in [0.05, 0.1) is 12.1 Å². The van der Waals surface area contributed by atoms with Gasteiger partial charge >= 0.3 is 5.97 Å². The Morgan fingerprint density at radius 1 is 1.12 bits per heavy atom. The van der Waals surface area contributed by atoms with Crippen molar-refractivity contribution in [1.82, 2.24) is 10.3 Å². The first kappa shape index (κ1) is 17.8. The summed E-state index contributed by atoms with van der Waals surface area (Å²) in [6.07, 6.45) is 0.0406. The maximum Gasteiger partial charge on any atom is 0.330 e. The molecule has 3 aromatic rings. The molecule has 0 fully saturated rings. The van der Waals surface area contributed by atoms with E-state index in [4.69, 9.17) is 0 Å². The molecule has 3 rings (SSSR count). The van der Waals surface area contributed by atoms with Crippen LogP contribution in [0, 0.1) is 6.92 Å². The molecule has 1 amide bonds. The molecule has 0 aliphatic rings. The molecule has 26 heavy (non-hydrogen) atoms. The van der Waals surface area contributed by atoms with Gasteiger partial charge in [-0.1, -0.05) is 60.2 Å². The van der Waals surface area contributed by atoms with Gasteiger partial charge in [0.1, 0.15) is 5.01 Å². The van der Waals surface area contributed by atoms with E-state index in [1.54, 1.807) is 30.3 Å². The van der Waals surface area contributed by atoms with Crippen molar-refractivity contribution in [2.75, 3.05) is 0 Å². The van der Waals surface area contributed by atoms with E-state index >= 15 is 0 Å². The van der Waals surface area contributed by atoms with Crippen LogP contribution in [0.4, 0.5) is 0 Å². The van der Waals surface area contributed by atoms with Crippen LogP contribution in [-0.4, -0.2) is 22.0 Å². The molecule has 0 spiro atoms. The molecule has 132 valence electrons. The molecule has 0 saturated heterocycles. The Labute approximate surface area is 155 Å². The number of rotatable bonds is 6. The zero-order chi connectivity index (χ0) is 18.5. The summed E-state index contributed by atoms with van der Waals surface area (Å²) >= 11 is 1.46. The summed E-state index contributed by atoms with van der Waals surface area (Å²) in [5.41, 5.74) is 3.33. The fourth-order valence-corrected chi connectivity index (χ4v) is 3.35. The molecule has 2 N–H and O–H groups in total. The Morgan fingerprint density at radius 3 is 2.46 bits per heavy atom. The number of carbonyl (C=O) groups is 2. The third kappa shape index (κ3) is 4.34. The number of nitrogens with one attached hydrogen (secondary N) is 1. The van der Waals surface area contributed by atoms with Crippen LogP contribution in [0.3, 0.4) is 0 Å². The summed E-state index contributed by atoms with van der Waals surface area (Å²) in [5.74, 6) is -1.47. The van der Waals surface area contributed by atoms with Gasteiger partial charge in [-0.25, -0.2) is 9.78 Å². The fraction of sp³-hybridized carbons (Fsp3) is 0.150. The molecule has 0 unspecified atom stereocenters. The van der Waals surface area contributed by atoms with Crippen molar-refractivity contribution in [1.29, 1.82) is 0 Å². The maximum absolute atomic E-state index is 12.3. The highest BCUT2D eigenvalue weighted by Crippen LogP contribution is 2.24. The number of hydrogen-bond acceptors (Lipinski definition) is 4. The first-order chi connectivity index (χ1) is 12.5. The van der Waals surface area contributed by atoms with E-state index in [2.05, 4.69) is 10.3 Å². The Balaban J connectivity index is 1.68. The van der Waals surface area contributed by atoms with Crippen LogP contribution in [0.15, 0.2) is 60.0 Å². The lowest BCUT2D eigenvalue weighted by molar-refractivity contribution is -0.142. The van der Waals surface area contributed by atoms with E-state index in [1.165, 1.54) is 16.9 Å². The average Bonchev–Trinajstić information content (AvgIpc) is 3.09. The smallest absolute Gasteiger partial charge is 0.330 e. The summed E-state index contributed by atoms with van der Waals surface area (Å²) in [7, 11) is 0. The van der Waals surface area contributed by atoms with Gasteiger partial charge in [0, 0.05) is 10.9 Å². The van der Waals surface area contributed by atoms with Gasteiger partial charge in [-0.15, -0.1) is 11.3 Å². The second kappa shape index (κ2) is 7.93. The average molecular weight is 366 g/mol. The van der Waals surface area contributed by atoms with Crippen LogP contribution in [0.1, 0.15) is 22.9 Å². The van der Waals surface area contributed by atoms with Crippen molar-refractivity contribution in [3.63, 3.8) is 0 Å². The molecule has 0 aliphatic heterocycles. The lowest BCUT2D eigenvalue weighted by Gasteiger charge is -2.14. The highest BCUT2D eigenvalue weighted by Gasteiger charge is 2.22. The second-order valence-corrected chi connectivity index (χ2v) is 6.79. The zero-order valence-corrected chi connectivity index (χ0v) is 15.0. The number of carboxylic acid groups (broad SMARTS) is 1. The molecule has 0 bridgehead atoms. The van der Waals surface area contributed by atoms with Crippen LogP contribution in [-0.2, 0) is 16.0 Å². The zero-order valence-electron chi connectivity index (χ0n) is 14.2. The molecule has 2 aromatic carbocycles. The topological polar surface area (TPSA) is 79.3 Å². The van der Waals surface area contributed by atoms with Gasteiger partial charge in [0.2, 0.25) is 5.91 Å². The van der Waals surface area contributed by atoms with E-state index in [9.17, 15) is 14.7 Å². The van der Waals surface area contributed by atoms with Gasteiger partial charge in [-0.05, 0) is 12.5 Å². The van der Waals surface area contributed by atoms with Crippen LogP contribution in [0.2, 0.25) is 0 Å². The number of carbonyl (C=O) groups excluding carboxylic acids is 1.